The van der Waals surface area contributed by atoms with E-state index >= 15 is 0 Å². The van der Waals surface area contributed by atoms with Crippen LogP contribution >= 0.6 is 0 Å². The van der Waals surface area contributed by atoms with Gasteiger partial charge in [-0.05, 0) is 23.6 Å². The first kappa shape index (κ1) is 10.6. The van der Waals surface area contributed by atoms with Crippen molar-refractivity contribution in [2.24, 2.45) is 0 Å². The van der Waals surface area contributed by atoms with E-state index in [1.807, 2.05) is 24.3 Å². The molecule has 1 N–H and O–H groups in total. The summed E-state index contributed by atoms with van der Waals surface area (Å²) in [4.78, 5) is 22.4. The molecule has 0 aromatic heterocycles. The minimum absolute atomic E-state index is 0.191. The highest BCUT2D eigenvalue weighted by molar-refractivity contribution is 6.15. The third-order valence-electron chi connectivity index (χ3n) is 2.66. The van der Waals surface area contributed by atoms with Crippen molar-refractivity contribution in [3.8, 4) is 0 Å². The average Bonchev–Trinajstić information content (AvgIpc) is 2.58. The molecular weight excluding hydrogens is 202 g/mol. The fourth-order valence-corrected chi connectivity index (χ4v) is 1.81. The number of amides is 2. The van der Waals surface area contributed by atoms with E-state index < -0.39 is 0 Å². The summed E-state index contributed by atoms with van der Waals surface area (Å²) in [5.41, 5.74) is 2.75. The van der Waals surface area contributed by atoms with Crippen LogP contribution in [0.15, 0.2) is 29.8 Å². The summed E-state index contributed by atoms with van der Waals surface area (Å²) in [5.74, 6) is -0.485. The van der Waals surface area contributed by atoms with E-state index in [1.165, 1.54) is 5.56 Å². The zero-order valence-electron chi connectivity index (χ0n) is 9.12. The standard InChI is InChI=1S/C13H13NO2/c1-2-9-5-3-4-6-10(9)7-11-8-12(15)14-13(11)16/h3-7H,2,8H2,1H3,(H,14,15,16). The lowest BCUT2D eigenvalue weighted by molar-refractivity contribution is -0.124. The van der Waals surface area contributed by atoms with Crippen LogP contribution in [0.4, 0.5) is 0 Å². The Bertz CT molecular complexity index is 475. The molecule has 82 valence electrons. The minimum atomic E-state index is -0.268. The second-order valence-corrected chi connectivity index (χ2v) is 3.78. The Hall–Kier alpha value is -1.90. The molecule has 2 rings (SSSR count). The molecule has 0 radical (unpaired) electrons. The third kappa shape index (κ3) is 2.03. The fourth-order valence-electron chi connectivity index (χ4n) is 1.81. The lowest BCUT2D eigenvalue weighted by atomic mass is 10.0. The lowest BCUT2D eigenvalue weighted by Crippen LogP contribution is -2.19. The van der Waals surface area contributed by atoms with Crippen molar-refractivity contribution in [2.75, 3.05) is 0 Å². The van der Waals surface area contributed by atoms with Crippen LogP contribution in [0.1, 0.15) is 24.5 Å². The summed E-state index contributed by atoms with van der Waals surface area (Å²) in [5, 5.41) is 2.28. The Kier molecular flexibility index (Phi) is 2.86. The molecule has 1 aliphatic heterocycles. The topological polar surface area (TPSA) is 46.2 Å². The molecule has 16 heavy (non-hydrogen) atoms. The zero-order chi connectivity index (χ0) is 11.5. The van der Waals surface area contributed by atoms with E-state index in [-0.39, 0.29) is 18.2 Å². The summed E-state index contributed by atoms with van der Waals surface area (Å²) < 4.78 is 0. The number of hydrogen-bond donors (Lipinski definition) is 1. The van der Waals surface area contributed by atoms with Crippen LogP contribution in [-0.2, 0) is 16.0 Å². The van der Waals surface area contributed by atoms with Gasteiger partial charge in [0.1, 0.15) is 0 Å². The Morgan fingerprint density at radius 2 is 2.06 bits per heavy atom. The SMILES string of the molecule is CCc1ccccc1C=C1CC(=O)NC1=O. The number of aryl methyl sites for hydroxylation is 1. The van der Waals surface area contributed by atoms with Crippen molar-refractivity contribution >= 4 is 17.9 Å². The molecule has 0 saturated carbocycles. The monoisotopic (exact) mass is 215 g/mol. The van der Waals surface area contributed by atoms with Gasteiger partial charge in [-0.2, -0.15) is 0 Å². The number of imide groups is 1. The first-order valence-corrected chi connectivity index (χ1v) is 5.33. The highest BCUT2D eigenvalue weighted by atomic mass is 16.2. The molecule has 1 aromatic carbocycles. The Morgan fingerprint density at radius 3 is 2.69 bits per heavy atom. The molecular formula is C13H13NO2. The molecule has 3 nitrogen and oxygen atoms in total. The highest BCUT2D eigenvalue weighted by Gasteiger charge is 2.23. The van der Waals surface area contributed by atoms with Crippen LogP contribution in [0.5, 0.6) is 0 Å². The highest BCUT2D eigenvalue weighted by Crippen LogP contribution is 2.18. The maximum absolute atomic E-state index is 11.4. The smallest absolute Gasteiger partial charge is 0.254 e. The molecule has 1 heterocycles. The van der Waals surface area contributed by atoms with Crippen LogP contribution in [0.2, 0.25) is 0 Å². The number of rotatable bonds is 2. The van der Waals surface area contributed by atoms with Gasteiger partial charge in [0.25, 0.3) is 5.91 Å². The maximum Gasteiger partial charge on any atom is 0.254 e. The van der Waals surface area contributed by atoms with Gasteiger partial charge in [0.2, 0.25) is 5.91 Å². The van der Waals surface area contributed by atoms with Crippen LogP contribution in [0.25, 0.3) is 6.08 Å². The van der Waals surface area contributed by atoms with E-state index in [9.17, 15) is 9.59 Å². The summed E-state index contributed by atoms with van der Waals surface area (Å²) in [6, 6.07) is 7.89. The van der Waals surface area contributed by atoms with Crippen molar-refractivity contribution in [3.63, 3.8) is 0 Å². The van der Waals surface area contributed by atoms with E-state index in [2.05, 4.69) is 12.2 Å². The maximum atomic E-state index is 11.4. The van der Waals surface area contributed by atoms with Crippen LogP contribution in [-0.4, -0.2) is 11.8 Å². The van der Waals surface area contributed by atoms with Gasteiger partial charge in [-0.3, -0.25) is 14.9 Å². The number of carbonyl (C=O) groups is 2. The van der Waals surface area contributed by atoms with E-state index in [0.717, 1.165) is 12.0 Å². The summed E-state index contributed by atoms with van der Waals surface area (Å²) in [7, 11) is 0. The van der Waals surface area contributed by atoms with E-state index in [0.29, 0.717) is 5.57 Å². The lowest BCUT2D eigenvalue weighted by Gasteiger charge is -2.02. The Morgan fingerprint density at radius 1 is 1.31 bits per heavy atom. The molecule has 0 spiro atoms. The van der Waals surface area contributed by atoms with Crippen LogP contribution in [0.3, 0.4) is 0 Å². The second-order valence-electron chi connectivity index (χ2n) is 3.78. The van der Waals surface area contributed by atoms with E-state index in [1.54, 1.807) is 6.08 Å². The summed E-state index contributed by atoms with van der Waals surface area (Å²) >= 11 is 0. The predicted molar refractivity (Wildman–Crippen MR) is 61.6 cm³/mol. The first-order valence-electron chi connectivity index (χ1n) is 5.33. The van der Waals surface area contributed by atoms with Crippen LogP contribution < -0.4 is 5.32 Å². The quantitative estimate of drug-likeness (QED) is 0.602. The average molecular weight is 215 g/mol. The van der Waals surface area contributed by atoms with Crippen molar-refractivity contribution in [3.05, 3.63) is 41.0 Å². The number of benzene rings is 1. The summed E-state index contributed by atoms with van der Waals surface area (Å²) in [6.45, 7) is 2.07. The molecule has 3 heteroatoms. The predicted octanol–water partition coefficient (Wildman–Crippen LogP) is 1.68. The van der Waals surface area contributed by atoms with Gasteiger partial charge in [0.05, 0.1) is 6.42 Å². The molecule has 0 bridgehead atoms. The zero-order valence-corrected chi connectivity index (χ0v) is 9.12. The van der Waals surface area contributed by atoms with Crippen molar-refractivity contribution in [1.82, 2.24) is 5.32 Å². The molecule has 1 aromatic rings. The molecule has 1 saturated heterocycles. The molecule has 0 aliphatic carbocycles. The number of carbonyl (C=O) groups excluding carboxylic acids is 2. The second kappa shape index (κ2) is 4.31. The third-order valence-corrected chi connectivity index (χ3v) is 2.66. The molecule has 1 aliphatic rings. The van der Waals surface area contributed by atoms with Crippen LogP contribution in [0, 0.1) is 0 Å². The minimum Gasteiger partial charge on any atom is -0.292 e. The van der Waals surface area contributed by atoms with Crippen molar-refractivity contribution < 1.29 is 9.59 Å². The van der Waals surface area contributed by atoms with Gasteiger partial charge in [-0.1, -0.05) is 31.2 Å². The van der Waals surface area contributed by atoms with Gasteiger partial charge in [-0.25, -0.2) is 0 Å². The van der Waals surface area contributed by atoms with Gasteiger partial charge in [-0.15, -0.1) is 0 Å². The first-order chi connectivity index (χ1) is 7.70. The molecule has 0 unspecified atom stereocenters. The van der Waals surface area contributed by atoms with E-state index in [4.69, 9.17) is 0 Å². The van der Waals surface area contributed by atoms with Gasteiger partial charge in [0, 0.05) is 5.57 Å². The van der Waals surface area contributed by atoms with Gasteiger partial charge >= 0.3 is 0 Å². The van der Waals surface area contributed by atoms with Gasteiger partial charge < -0.3 is 0 Å². The van der Waals surface area contributed by atoms with Crippen molar-refractivity contribution in [2.45, 2.75) is 19.8 Å². The Balaban J connectivity index is 2.36. The Labute approximate surface area is 94.2 Å². The van der Waals surface area contributed by atoms with Gasteiger partial charge in [0.15, 0.2) is 0 Å². The molecule has 0 atom stereocenters. The molecule has 2 amide bonds. The normalized spacial score (nSPS) is 17.9. The number of nitrogens with one attached hydrogen (secondary N) is 1. The number of hydrogen-bond acceptors (Lipinski definition) is 2. The van der Waals surface area contributed by atoms with Crippen molar-refractivity contribution in [1.29, 1.82) is 0 Å². The summed E-state index contributed by atoms with van der Waals surface area (Å²) in [6.07, 6.45) is 2.91. The fraction of sp³-hybridized carbons (Fsp3) is 0.231. The molecule has 1 fully saturated rings. The largest absolute Gasteiger partial charge is 0.292 e.